The van der Waals surface area contributed by atoms with E-state index in [1.54, 1.807) is 24.3 Å². The van der Waals surface area contributed by atoms with Gasteiger partial charge < -0.3 is 16.6 Å². The van der Waals surface area contributed by atoms with Gasteiger partial charge in [-0.15, -0.1) is 0 Å². The van der Waals surface area contributed by atoms with Crippen molar-refractivity contribution in [1.82, 2.24) is 0 Å². The van der Waals surface area contributed by atoms with Gasteiger partial charge in [0.2, 0.25) is 11.8 Å². The summed E-state index contributed by atoms with van der Waals surface area (Å²) in [5.74, 6) is -1.42. The maximum absolute atomic E-state index is 11.3. The van der Waals surface area contributed by atoms with Crippen LogP contribution in [-0.2, 0) is 16.0 Å². The van der Waals surface area contributed by atoms with Gasteiger partial charge >= 0.3 is 0 Å². The standard InChI is InChI=1S/C12H16N2O3/c13-10(15)6-7-12(17,11(14)16)8-9-4-2-1-3-5-9/h1-5,17H,6-8H2,(H2,13,15)(H2,14,16). The highest BCUT2D eigenvalue weighted by Gasteiger charge is 2.34. The average molecular weight is 236 g/mol. The van der Waals surface area contributed by atoms with Gasteiger partial charge in [0.15, 0.2) is 0 Å². The first-order valence-corrected chi connectivity index (χ1v) is 5.28. The smallest absolute Gasteiger partial charge is 0.249 e. The van der Waals surface area contributed by atoms with E-state index in [-0.39, 0.29) is 19.3 Å². The number of carbonyl (C=O) groups is 2. The van der Waals surface area contributed by atoms with Crippen molar-refractivity contribution in [2.24, 2.45) is 11.5 Å². The molecule has 0 bridgehead atoms. The van der Waals surface area contributed by atoms with Crippen LogP contribution in [0, 0.1) is 0 Å². The van der Waals surface area contributed by atoms with Crippen LogP contribution in [0.4, 0.5) is 0 Å². The van der Waals surface area contributed by atoms with Crippen molar-refractivity contribution in [3.8, 4) is 0 Å². The minimum atomic E-state index is -1.73. The van der Waals surface area contributed by atoms with Crippen molar-refractivity contribution in [1.29, 1.82) is 0 Å². The molecule has 1 atom stereocenters. The average Bonchev–Trinajstić information content (AvgIpc) is 2.27. The maximum atomic E-state index is 11.3. The van der Waals surface area contributed by atoms with Gasteiger partial charge in [-0.2, -0.15) is 0 Å². The Morgan fingerprint density at radius 2 is 1.76 bits per heavy atom. The van der Waals surface area contributed by atoms with E-state index in [9.17, 15) is 14.7 Å². The fraction of sp³-hybridized carbons (Fsp3) is 0.333. The molecule has 5 nitrogen and oxygen atoms in total. The molecule has 1 aromatic carbocycles. The molecule has 0 heterocycles. The fourth-order valence-electron chi connectivity index (χ4n) is 1.56. The number of primary amides is 2. The summed E-state index contributed by atoms with van der Waals surface area (Å²) >= 11 is 0. The molecule has 0 radical (unpaired) electrons. The Kier molecular flexibility index (Phi) is 4.23. The summed E-state index contributed by atoms with van der Waals surface area (Å²) in [6.07, 6.45) is -0.0602. The SMILES string of the molecule is NC(=O)CCC(O)(Cc1ccccc1)C(N)=O. The molecule has 0 aromatic heterocycles. The number of amides is 2. The molecule has 0 spiro atoms. The Morgan fingerprint density at radius 3 is 2.24 bits per heavy atom. The van der Waals surface area contributed by atoms with Gasteiger partial charge in [-0.25, -0.2) is 0 Å². The Hall–Kier alpha value is -1.88. The molecule has 0 aliphatic rings. The van der Waals surface area contributed by atoms with Crippen LogP contribution < -0.4 is 11.5 Å². The van der Waals surface area contributed by atoms with E-state index in [1.807, 2.05) is 6.07 Å². The van der Waals surface area contributed by atoms with Gasteiger partial charge in [0.1, 0.15) is 5.60 Å². The first-order chi connectivity index (χ1) is 7.94. The van der Waals surface area contributed by atoms with Crippen molar-refractivity contribution in [3.05, 3.63) is 35.9 Å². The lowest BCUT2D eigenvalue weighted by atomic mass is 9.89. The lowest BCUT2D eigenvalue weighted by molar-refractivity contribution is -0.137. The predicted molar refractivity (Wildman–Crippen MR) is 62.7 cm³/mol. The highest BCUT2D eigenvalue weighted by Crippen LogP contribution is 2.19. The number of hydrogen-bond donors (Lipinski definition) is 3. The van der Waals surface area contributed by atoms with E-state index in [0.717, 1.165) is 5.56 Å². The second-order valence-corrected chi connectivity index (χ2v) is 4.02. The van der Waals surface area contributed by atoms with Crippen molar-refractivity contribution in [2.45, 2.75) is 24.9 Å². The van der Waals surface area contributed by atoms with Crippen LogP contribution in [0.5, 0.6) is 0 Å². The molecule has 92 valence electrons. The van der Waals surface area contributed by atoms with Crippen LogP contribution in [0.2, 0.25) is 0 Å². The number of hydrogen-bond acceptors (Lipinski definition) is 3. The molecule has 0 aliphatic carbocycles. The number of carbonyl (C=O) groups excluding carboxylic acids is 2. The molecule has 0 fully saturated rings. The lowest BCUT2D eigenvalue weighted by Crippen LogP contribution is -2.46. The molecule has 5 N–H and O–H groups in total. The van der Waals surface area contributed by atoms with Crippen LogP contribution >= 0.6 is 0 Å². The second kappa shape index (κ2) is 5.45. The largest absolute Gasteiger partial charge is 0.380 e. The van der Waals surface area contributed by atoms with E-state index < -0.39 is 17.4 Å². The number of aliphatic hydroxyl groups is 1. The Balaban J connectivity index is 2.78. The van der Waals surface area contributed by atoms with Crippen molar-refractivity contribution < 1.29 is 14.7 Å². The van der Waals surface area contributed by atoms with Gasteiger partial charge in [-0.05, 0) is 12.0 Å². The molecule has 17 heavy (non-hydrogen) atoms. The van der Waals surface area contributed by atoms with Crippen LogP contribution in [0.15, 0.2) is 30.3 Å². The van der Waals surface area contributed by atoms with E-state index in [4.69, 9.17) is 11.5 Å². The molecular weight excluding hydrogens is 220 g/mol. The second-order valence-electron chi connectivity index (χ2n) is 4.02. The van der Waals surface area contributed by atoms with Crippen LogP contribution in [-0.4, -0.2) is 22.5 Å². The summed E-state index contributed by atoms with van der Waals surface area (Å²) in [7, 11) is 0. The van der Waals surface area contributed by atoms with Crippen LogP contribution in [0.25, 0.3) is 0 Å². The molecule has 0 saturated heterocycles. The first-order valence-electron chi connectivity index (χ1n) is 5.28. The lowest BCUT2D eigenvalue weighted by Gasteiger charge is -2.24. The van der Waals surface area contributed by atoms with Crippen molar-refractivity contribution in [2.75, 3.05) is 0 Å². The first kappa shape index (κ1) is 13.2. The molecular formula is C12H16N2O3. The van der Waals surface area contributed by atoms with Gasteiger partial charge in [-0.3, -0.25) is 9.59 Å². The van der Waals surface area contributed by atoms with E-state index in [1.165, 1.54) is 0 Å². The minimum absolute atomic E-state index is 0.0629. The minimum Gasteiger partial charge on any atom is -0.380 e. The zero-order valence-electron chi connectivity index (χ0n) is 9.43. The molecule has 0 saturated carbocycles. The zero-order valence-corrected chi connectivity index (χ0v) is 9.43. The molecule has 1 unspecified atom stereocenters. The third-order valence-corrected chi connectivity index (χ3v) is 2.58. The van der Waals surface area contributed by atoms with Gasteiger partial charge in [0.25, 0.3) is 0 Å². The molecule has 1 aromatic rings. The summed E-state index contributed by atoms with van der Waals surface area (Å²) in [6.45, 7) is 0. The third-order valence-electron chi connectivity index (χ3n) is 2.58. The number of rotatable bonds is 6. The number of benzene rings is 1. The van der Waals surface area contributed by atoms with Gasteiger partial charge in [0, 0.05) is 12.8 Å². The third kappa shape index (κ3) is 3.88. The van der Waals surface area contributed by atoms with Crippen LogP contribution in [0.3, 0.4) is 0 Å². The predicted octanol–water partition coefficient (Wildman–Crippen LogP) is -0.289. The summed E-state index contributed by atoms with van der Waals surface area (Å²) in [5, 5.41) is 10.1. The molecule has 2 amide bonds. The summed E-state index contributed by atoms with van der Waals surface area (Å²) < 4.78 is 0. The highest BCUT2D eigenvalue weighted by molar-refractivity contribution is 5.84. The Bertz CT molecular complexity index is 405. The van der Waals surface area contributed by atoms with Gasteiger partial charge in [-0.1, -0.05) is 30.3 Å². The molecule has 1 rings (SSSR count). The van der Waals surface area contributed by atoms with Crippen LogP contribution in [0.1, 0.15) is 18.4 Å². The molecule has 5 heteroatoms. The van der Waals surface area contributed by atoms with Gasteiger partial charge in [0.05, 0.1) is 0 Å². The summed E-state index contributed by atoms with van der Waals surface area (Å²) in [4.78, 5) is 21.9. The topological polar surface area (TPSA) is 106 Å². The Morgan fingerprint density at radius 1 is 1.18 bits per heavy atom. The van der Waals surface area contributed by atoms with Crippen molar-refractivity contribution in [3.63, 3.8) is 0 Å². The fourth-order valence-corrected chi connectivity index (χ4v) is 1.56. The summed E-state index contributed by atoms with van der Waals surface area (Å²) in [5.41, 5.74) is 9.21. The summed E-state index contributed by atoms with van der Waals surface area (Å²) in [6, 6.07) is 8.97. The Labute approximate surface area is 99.4 Å². The normalized spacial score (nSPS) is 13.9. The number of nitrogens with two attached hydrogens (primary N) is 2. The zero-order chi connectivity index (χ0) is 12.9. The molecule has 0 aliphatic heterocycles. The maximum Gasteiger partial charge on any atom is 0.249 e. The van der Waals surface area contributed by atoms with E-state index in [2.05, 4.69) is 0 Å². The quantitative estimate of drug-likeness (QED) is 0.631. The highest BCUT2D eigenvalue weighted by atomic mass is 16.3. The van der Waals surface area contributed by atoms with E-state index >= 15 is 0 Å². The van der Waals surface area contributed by atoms with E-state index in [0.29, 0.717) is 0 Å². The van der Waals surface area contributed by atoms with Crippen molar-refractivity contribution >= 4 is 11.8 Å². The monoisotopic (exact) mass is 236 g/mol.